The third kappa shape index (κ3) is 2.88. The number of ether oxygens (including phenoxy) is 1. The average molecular weight is 253 g/mol. The third-order valence-corrected chi connectivity index (χ3v) is 3.13. The molecular formula is C12H19N3O3. The quantitative estimate of drug-likeness (QED) is 0.831. The molecule has 0 aliphatic carbocycles. The van der Waals surface area contributed by atoms with Crippen molar-refractivity contribution in [2.45, 2.75) is 32.5 Å². The Hall–Kier alpha value is -1.40. The van der Waals surface area contributed by atoms with Crippen LogP contribution in [0.2, 0.25) is 0 Å². The molecule has 0 bridgehead atoms. The number of rotatable bonds is 5. The summed E-state index contributed by atoms with van der Waals surface area (Å²) in [6.45, 7) is 5.07. The Balaban J connectivity index is 2.06. The number of aryl methyl sites for hydroxylation is 1. The molecule has 1 aliphatic heterocycles. The molecular weight excluding hydrogens is 234 g/mol. The van der Waals surface area contributed by atoms with Gasteiger partial charge in [-0.25, -0.2) is 0 Å². The molecule has 6 nitrogen and oxygen atoms in total. The van der Waals surface area contributed by atoms with E-state index in [4.69, 9.17) is 9.84 Å². The first-order valence-electron chi connectivity index (χ1n) is 6.27. The van der Waals surface area contributed by atoms with Gasteiger partial charge in [0, 0.05) is 25.8 Å². The van der Waals surface area contributed by atoms with E-state index < -0.39 is 12.0 Å². The molecule has 0 saturated carbocycles. The lowest BCUT2D eigenvalue weighted by atomic mass is 10.2. The van der Waals surface area contributed by atoms with Crippen LogP contribution >= 0.6 is 0 Å². The number of carboxylic acid groups (broad SMARTS) is 1. The van der Waals surface area contributed by atoms with Gasteiger partial charge in [0.25, 0.3) is 0 Å². The number of aromatic nitrogens is 2. The van der Waals surface area contributed by atoms with E-state index in [1.807, 2.05) is 15.6 Å². The minimum Gasteiger partial charge on any atom is -0.480 e. The summed E-state index contributed by atoms with van der Waals surface area (Å²) in [5.41, 5.74) is 1.06. The molecule has 1 N–H and O–H groups in total. The topological polar surface area (TPSA) is 67.6 Å². The first kappa shape index (κ1) is 13.0. The van der Waals surface area contributed by atoms with Crippen LogP contribution in [-0.2, 0) is 22.6 Å². The Morgan fingerprint density at radius 1 is 1.67 bits per heavy atom. The zero-order chi connectivity index (χ0) is 13.0. The Kier molecular flexibility index (Phi) is 4.33. The van der Waals surface area contributed by atoms with Crippen LogP contribution in [0.15, 0.2) is 12.3 Å². The highest BCUT2D eigenvalue weighted by Gasteiger charge is 2.29. The van der Waals surface area contributed by atoms with Crippen molar-refractivity contribution >= 4 is 5.97 Å². The lowest BCUT2D eigenvalue weighted by Crippen LogP contribution is -2.49. The van der Waals surface area contributed by atoms with E-state index in [2.05, 4.69) is 12.0 Å². The maximum absolute atomic E-state index is 11.2. The Bertz CT molecular complexity index is 405. The van der Waals surface area contributed by atoms with Gasteiger partial charge in [-0.1, -0.05) is 6.92 Å². The standard InChI is InChI=1S/C12H19N3O3/c1-2-5-15-10(3-4-13-15)8-14-6-7-18-9-11(14)12(16)17/h3-4,11H,2,5-9H2,1H3,(H,16,17). The molecule has 1 atom stereocenters. The number of nitrogens with zero attached hydrogens (tertiary/aromatic N) is 3. The second kappa shape index (κ2) is 5.97. The number of carbonyl (C=O) groups is 1. The van der Waals surface area contributed by atoms with Gasteiger partial charge in [-0.15, -0.1) is 0 Å². The molecule has 1 saturated heterocycles. The third-order valence-electron chi connectivity index (χ3n) is 3.13. The van der Waals surface area contributed by atoms with Crippen molar-refractivity contribution in [3.05, 3.63) is 18.0 Å². The molecule has 0 radical (unpaired) electrons. The predicted octanol–water partition coefficient (Wildman–Crippen LogP) is 0.579. The van der Waals surface area contributed by atoms with Gasteiger partial charge in [0.2, 0.25) is 0 Å². The van der Waals surface area contributed by atoms with Crippen LogP contribution in [-0.4, -0.2) is 51.6 Å². The molecule has 100 valence electrons. The largest absolute Gasteiger partial charge is 0.480 e. The van der Waals surface area contributed by atoms with Crippen LogP contribution in [0.3, 0.4) is 0 Å². The molecule has 0 spiro atoms. The summed E-state index contributed by atoms with van der Waals surface area (Å²) < 4.78 is 7.16. The Morgan fingerprint density at radius 2 is 2.50 bits per heavy atom. The number of aliphatic carboxylic acids is 1. The first-order chi connectivity index (χ1) is 8.72. The van der Waals surface area contributed by atoms with Crippen molar-refractivity contribution < 1.29 is 14.6 Å². The highest BCUT2D eigenvalue weighted by Crippen LogP contribution is 2.12. The minimum atomic E-state index is -0.823. The Labute approximate surface area is 106 Å². The SMILES string of the molecule is CCCn1nccc1CN1CCOCC1C(=O)O. The fourth-order valence-electron chi connectivity index (χ4n) is 2.17. The summed E-state index contributed by atoms with van der Waals surface area (Å²) >= 11 is 0. The van der Waals surface area contributed by atoms with E-state index in [1.54, 1.807) is 6.20 Å². The summed E-state index contributed by atoms with van der Waals surface area (Å²) in [5.74, 6) is -0.823. The van der Waals surface area contributed by atoms with Crippen LogP contribution in [0.5, 0.6) is 0 Å². The van der Waals surface area contributed by atoms with Crippen LogP contribution in [0.1, 0.15) is 19.0 Å². The molecule has 1 aliphatic rings. The average Bonchev–Trinajstić information content (AvgIpc) is 2.78. The highest BCUT2D eigenvalue weighted by molar-refractivity contribution is 5.73. The van der Waals surface area contributed by atoms with Gasteiger partial charge in [-0.3, -0.25) is 14.4 Å². The molecule has 18 heavy (non-hydrogen) atoms. The normalized spacial score (nSPS) is 21.1. The number of carboxylic acids is 1. The molecule has 2 rings (SSSR count). The molecule has 1 fully saturated rings. The lowest BCUT2D eigenvalue weighted by Gasteiger charge is -2.32. The fraction of sp³-hybridized carbons (Fsp3) is 0.667. The smallest absolute Gasteiger partial charge is 0.323 e. The highest BCUT2D eigenvalue weighted by atomic mass is 16.5. The molecule has 1 aromatic rings. The van der Waals surface area contributed by atoms with E-state index in [0.717, 1.165) is 18.7 Å². The summed E-state index contributed by atoms with van der Waals surface area (Å²) in [5, 5.41) is 13.4. The van der Waals surface area contributed by atoms with Crippen LogP contribution in [0.4, 0.5) is 0 Å². The fourth-order valence-corrected chi connectivity index (χ4v) is 2.17. The van der Waals surface area contributed by atoms with Crippen LogP contribution in [0.25, 0.3) is 0 Å². The van der Waals surface area contributed by atoms with Gasteiger partial charge in [0.05, 0.1) is 18.9 Å². The second-order valence-electron chi connectivity index (χ2n) is 4.45. The molecule has 6 heteroatoms. The maximum atomic E-state index is 11.2. The van der Waals surface area contributed by atoms with E-state index >= 15 is 0 Å². The second-order valence-corrected chi connectivity index (χ2v) is 4.45. The summed E-state index contributed by atoms with van der Waals surface area (Å²) in [6, 6.07) is 1.40. The van der Waals surface area contributed by atoms with Crippen LogP contribution < -0.4 is 0 Å². The van der Waals surface area contributed by atoms with Gasteiger partial charge >= 0.3 is 5.97 Å². The van der Waals surface area contributed by atoms with Crippen molar-refractivity contribution in [2.24, 2.45) is 0 Å². The van der Waals surface area contributed by atoms with E-state index in [9.17, 15) is 4.79 Å². The minimum absolute atomic E-state index is 0.261. The van der Waals surface area contributed by atoms with E-state index in [-0.39, 0.29) is 6.61 Å². The lowest BCUT2D eigenvalue weighted by molar-refractivity contribution is -0.150. The zero-order valence-electron chi connectivity index (χ0n) is 10.6. The molecule has 0 amide bonds. The van der Waals surface area contributed by atoms with E-state index in [0.29, 0.717) is 19.7 Å². The number of hydrogen-bond donors (Lipinski definition) is 1. The van der Waals surface area contributed by atoms with Crippen molar-refractivity contribution in [1.29, 1.82) is 0 Å². The maximum Gasteiger partial charge on any atom is 0.323 e. The van der Waals surface area contributed by atoms with Crippen molar-refractivity contribution in [2.75, 3.05) is 19.8 Å². The number of morpholine rings is 1. The van der Waals surface area contributed by atoms with E-state index in [1.165, 1.54) is 0 Å². The van der Waals surface area contributed by atoms with Crippen molar-refractivity contribution in [1.82, 2.24) is 14.7 Å². The molecule has 0 aromatic carbocycles. The van der Waals surface area contributed by atoms with Gasteiger partial charge in [-0.2, -0.15) is 5.10 Å². The van der Waals surface area contributed by atoms with Gasteiger partial charge in [0.1, 0.15) is 6.04 Å². The zero-order valence-corrected chi connectivity index (χ0v) is 10.6. The monoisotopic (exact) mass is 253 g/mol. The Morgan fingerprint density at radius 3 is 3.22 bits per heavy atom. The van der Waals surface area contributed by atoms with Gasteiger partial charge in [-0.05, 0) is 12.5 Å². The molecule has 1 unspecified atom stereocenters. The molecule has 2 heterocycles. The summed E-state index contributed by atoms with van der Waals surface area (Å²) in [6.07, 6.45) is 2.78. The van der Waals surface area contributed by atoms with Crippen molar-refractivity contribution in [3.63, 3.8) is 0 Å². The van der Waals surface area contributed by atoms with Gasteiger partial charge < -0.3 is 9.84 Å². The predicted molar refractivity (Wildman–Crippen MR) is 65.2 cm³/mol. The number of hydrogen-bond acceptors (Lipinski definition) is 4. The first-order valence-corrected chi connectivity index (χ1v) is 6.27. The summed E-state index contributed by atoms with van der Waals surface area (Å²) in [7, 11) is 0. The van der Waals surface area contributed by atoms with Crippen molar-refractivity contribution in [3.8, 4) is 0 Å². The summed E-state index contributed by atoms with van der Waals surface area (Å²) in [4.78, 5) is 13.1. The van der Waals surface area contributed by atoms with Gasteiger partial charge in [0.15, 0.2) is 0 Å². The molecule has 1 aromatic heterocycles. The van der Waals surface area contributed by atoms with Crippen LogP contribution in [0, 0.1) is 0 Å².